The van der Waals surface area contributed by atoms with E-state index in [1.54, 1.807) is 29.2 Å². The standard InChI is InChI=1S/C16H21NO4/c1-3-8-21-13-6-4-12(5-7-13)15(18)17-9-11(2)14(10-17)16(19)20/h4-7,11,14H,3,8-10H2,1-2H3,(H,19,20)/t11-,14-/m1/s1. The minimum Gasteiger partial charge on any atom is -0.494 e. The molecule has 2 rings (SSSR count). The molecule has 1 N–H and O–H groups in total. The normalized spacial score (nSPS) is 21.3. The van der Waals surface area contributed by atoms with Gasteiger partial charge >= 0.3 is 5.97 Å². The number of carboxylic acids is 1. The van der Waals surface area contributed by atoms with E-state index in [-0.39, 0.29) is 18.4 Å². The molecule has 0 unspecified atom stereocenters. The van der Waals surface area contributed by atoms with Gasteiger partial charge in [-0.3, -0.25) is 9.59 Å². The van der Waals surface area contributed by atoms with Gasteiger partial charge in [-0.1, -0.05) is 13.8 Å². The largest absolute Gasteiger partial charge is 0.494 e. The molecule has 2 atom stereocenters. The van der Waals surface area contributed by atoms with Crippen LogP contribution in [0.5, 0.6) is 5.75 Å². The third-order valence-corrected chi connectivity index (χ3v) is 3.79. The van der Waals surface area contributed by atoms with Gasteiger partial charge in [0.25, 0.3) is 5.91 Å². The summed E-state index contributed by atoms with van der Waals surface area (Å²) in [5, 5.41) is 9.12. The monoisotopic (exact) mass is 291 g/mol. The van der Waals surface area contributed by atoms with E-state index in [4.69, 9.17) is 9.84 Å². The molecule has 0 spiro atoms. The molecule has 1 aliphatic heterocycles. The first-order valence-corrected chi connectivity index (χ1v) is 7.28. The molecule has 1 saturated heterocycles. The van der Waals surface area contributed by atoms with E-state index in [1.165, 1.54) is 0 Å². The van der Waals surface area contributed by atoms with Crippen LogP contribution in [0.15, 0.2) is 24.3 Å². The average Bonchev–Trinajstić information content (AvgIpc) is 2.87. The molecular formula is C16H21NO4. The van der Waals surface area contributed by atoms with Crippen molar-refractivity contribution in [3.05, 3.63) is 29.8 Å². The fourth-order valence-corrected chi connectivity index (χ4v) is 2.55. The number of hydrogen-bond acceptors (Lipinski definition) is 3. The van der Waals surface area contributed by atoms with Crippen molar-refractivity contribution in [2.75, 3.05) is 19.7 Å². The molecule has 5 heteroatoms. The predicted octanol–water partition coefficient (Wildman–Crippen LogP) is 2.27. The first-order valence-electron chi connectivity index (χ1n) is 7.28. The molecule has 0 bridgehead atoms. The molecular weight excluding hydrogens is 270 g/mol. The fraction of sp³-hybridized carbons (Fsp3) is 0.500. The Balaban J connectivity index is 2.02. The highest BCUT2D eigenvalue weighted by Crippen LogP contribution is 2.25. The van der Waals surface area contributed by atoms with Crippen LogP contribution in [0, 0.1) is 11.8 Å². The first kappa shape index (κ1) is 15.4. The zero-order valence-corrected chi connectivity index (χ0v) is 12.4. The quantitative estimate of drug-likeness (QED) is 0.903. The van der Waals surface area contributed by atoms with Crippen LogP contribution in [0.25, 0.3) is 0 Å². The molecule has 5 nitrogen and oxygen atoms in total. The van der Waals surface area contributed by atoms with Crippen molar-refractivity contribution in [2.45, 2.75) is 20.3 Å². The van der Waals surface area contributed by atoms with Crippen LogP contribution >= 0.6 is 0 Å². The summed E-state index contributed by atoms with van der Waals surface area (Å²) in [5.41, 5.74) is 0.567. The van der Waals surface area contributed by atoms with E-state index in [9.17, 15) is 9.59 Å². The number of aliphatic carboxylic acids is 1. The zero-order chi connectivity index (χ0) is 15.4. The first-order chi connectivity index (χ1) is 10.0. The third-order valence-electron chi connectivity index (χ3n) is 3.79. The van der Waals surface area contributed by atoms with Crippen molar-refractivity contribution < 1.29 is 19.4 Å². The van der Waals surface area contributed by atoms with E-state index in [0.717, 1.165) is 12.2 Å². The minimum atomic E-state index is -0.832. The van der Waals surface area contributed by atoms with Gasteiger partial charge in [0.2, 0.25) is 0 Å². The van der Waals surface area contributed by atoms with Gasteiger partial charge in [-0.15, -0.1) is 0 Å². The molecule has 114 valence electrons. The molecule has 0 aliphatic carbocycles. The smallest absolute Gasteiger partial charge is 0.308 e. The molecule has 1 amide bonds. The number of carbonyl (C=O) groups excluding carboxylic acids is 1. The van der Waals surface area contributed by atoms with Crippen molar-refractivity contribution in [1.82, 2.24) is 4.90 Å². The van der Waals surface area contributed by atoms with Crippen LogP contribution < -0.4 is 4.74 Å². The number of rotatable bonds is 5. The summed E-state index contributed by atoms with van der Waals surface area (Å²) in [6.07, 6.45) is 0.933. The summed E-state index contributed by atoms with van der Waals surface area (Å²) in [6, 6.07) is 7.01. The van der Waals surface area contributed by atoms with Crippen LogP contribution in [0.4, 0.5) is 0 Å². The number of hydrogen-bond donors (Lipinski definition) is 1. The number of amides is 1. The predicted molar refractivity (Wildman–Crippen MR) is 78.4 cm³/mol. The fourth-order valence-electron chi connectivity index (χ4n) is 2.55. The maximum absolute atomic E-state index is 12.4. The van der Waals surface area contributed by atoms with Crippen molar-refractivity contribution >= 4 is 11.9 Å². The summed E-state index contributed by atoms with van der Waals surface area (Å²) < 4.78 is 5.48. The van der Waals surface area contributed by atoms with Gasteiger partial charge < -0.3 is 14.7 Å². The number of nitrogens with zero attached hydrogens (tertiary/aromatic N) is 1. The van der Waals surface area contributed by atoms with E-state index >= 15 is 0 Å². The zero-order valence-electron chi connectivity index (χ0n) is 12.4. The molecule has 1 aromatic rings. The summed E-state index contributed by atoms with van der Waals surface area (Å²) >= 11 is 0. The maximum Gasteiger partial charge on any atom is 0.308 e. The van der Waals surface area contributed by atoms with Gasteiger partial charge in [0.1, 0.15) is 5.75 Å². The summed E-state index contributed by atoms with van der Waals surface area (Å²) in [4.78, 5) is 25.1. The Bertz CT molecular complexity index is 512. The molecule has 1 aromatic carbocycles. The lowest BCUT2D eigenvalue weighted by Crippen LogP contribution is -2.29. The van der Waals surface area contributed by atoms with Crippen molar-refractivity contribution in [2.24, 2.45) is 11.8 Å². The van der Waals surface area contributed by atoms with Crippen LogP contribution in [-0.2, 0) is 4.79 Å². The highest BCUT2D eigenvalue weighted by molar-refractivity contribution is 5.95. The topological polar surface area (TPSA) is 66.8 Å². The van der Waals surface area contributed by atoms with E-state index in [0.29, 0.717) is 18.7 Å². The molecule has 1 aliphatic rings. The number of carbonyl (C=O) groups is 2. The van der Waals surface area contributed by atoms with E-state index in [1.807, 2.05) is 13.8 Å². The second-order valence-corrected chi connectivity index (χ2v) is 5.50. The van der Waals surface area contributed by atoms with Crippen molar-refractivity contribution in [1.29, 1.82) is 0 Å². The Morgan fingerprint density at radius 2 is 1.95 bits per heavy atom. The van der Waals surface area contributed by atoms with Crippen LogP contribution in [-0.4, -0.2) is 41.6 Å². The lowest BCUT2D eigenvalue weighted by molar-refractivity contribution is -0.142. The summed E-state index contributed by atoms with van der Waals surface area (Å²) in [5.74, 6) is -0.694. The van der Waals surface area contributed by atoms with Crippen molar-refractivity contribution in [3.63, 3.8) is 0 Å². The van der Waals surface area contributed by atoms with Gasteiger partial charge in [-0.25, -0.2) is 0 Å². The van der Waals surface area contributed by atoms with E-state index in [2.05, 4.69) is 0 Å². The Morgan fingerprint density at radius 3 is 2.48 bits per heavy atom. The average molecular weight is 291 g/mol. The van der Waals surface area contributed by atoms with Gasteiger partial charge in [-0.05, 0) is 36.6 Å². The second kappa shape index (κ2) is 6.61. The van der Waals surface area contributed by atoms with Crippen LogP contribution in [0.1, 0.15) is 30.6 Å². The molecule has 1 fully saturated rings. The number of likely N-dealkylation sites (tertiary alicyclic amines) is 1. The molecule has 21 heavy (non-hydrogen) atoms. The highest BCUT2D eigenvalue weighted by Gasteiger charge is 2.37. The number of ether oxygens (including phenoxy) is 1. The molecule has 1 heterocycles. The summed E-state index contributed by atoms with van der Waals surface area (Å²) in [6.45, 7) is 5.32. The van der Waals surface area contributed by atoms with Gasteiger partial charge in [-0.2, -0.15) is 0 Å². The lowest BCUT2D eigenvalue weighted by Gasteiger charge is -2.16. The number of carboxylic acid groups (broad SMARTS) is 1. The van der Waals surface area contributed by atoms with E-state index < -0.39 is 11.9 Å². The molecule has 0 saturated carbocycles. The summed E-state index contributed by atoms with van der Waals surface area (Å²) in [7, 11) is 0. The Kier molecular flexibility index (Phi) is 4.83. The molecule has 0 aromatic heterocycles. The van der Waals surface area contributed by atoms with Gasteiger partial charge in [0, 0.05) is 18.7 Å². The lowest BCUT2D eigenvalue weighted by atomic mass is 9.99. The van der Waals surface area contributed by atoms with Crippen LogP contribution in [0.2, 0.25) is 0 Å². The third kappa shape index (κ3) is 3.54. The van der Waals surface area contributed by atoms with Gasteiger partial charge in [0.15, 0.2) is 0 Å². The van der Waals surface area contributed by atoms with Gasteiger partial charge in [0.05, 0.1) is 12.5 Å². The Hall–Kier alpha value is -2.04. The number of benzene rings is 1. The maximum atomic E-state index is 12.4. The second-order valence-electron chi connectivity index (χ2n) is 5.50. The van der Waals surface area contributed by atoms with Crippen LogP contribution in [0.3, 0.4) is 0 Å². The Morgan fingerprint density at radius 1 is 1.29 bits per heavy atom. The van der Waals surface area contributed by atoms with Crippen molar-refractivity contribution in [3.8, 4) is 5.75 Å². The Labute approximate surface area is 124 Å². The molecule has 0 radical (unpaired) electrons. The SMILES string of the molecule is CCCOc1ccc(C(=O)N2C[C@@H](C)[C@H](C(=O)O)C2)cc1. The minimum absolute atomic E-state index is 0.0152. The highest BCUT2D eigenvalue weighted by atomic mass is 16.5.